The zero-order valence-corrected chi connectivity index (χ0v) is 15.6. The fourth-order valence-electron chi connectivity index (χ4n) is 2.35. The summed E-state index contributed by atoms with van der Waals surface area (Å²) in [4.78, 5) is 11.1. The predicted octanol–water partition coefficient (Wildman–Crippen LogP) is 2.51. The normalized spacial score (nSPS) is 21.2. The van der Waals surface area contributed by atoms with Crippen LogP contribution in [0, 0.1) is 5.82 Å². The molecular weight excluding hydrogens is 368 g/mol. The second kappa shape index (κ2) is 8.51. The molecule has 1 heterocycles. The Morgan fingerprint density at radius 1 is 1.50 bits per heavy atom. The number of benzene rings is 1. The Balaban J connectivity index is 2.31. The molecule has 2 N–H and O–H groups in total. The molecule has 1 unspecified atom stereocenters. The Bertz CT molecular complexity index is 634. The number of nitrogens with one attached hydrogen (secondary N) is 1. The van der Waals surface area contributed by atoms with Crippen LogP contribution in [0.25, 0.3) is 0 Å². The SMILES string of the molecule is CC(C)(C)[S@@+]([O-])N[C@@H](c1cc(OC2CCOC2)ccc1F)[C@@H](F)C(=O)O. The van der Waals surface area contributed by atoms with Gasteiger partial charge < -0.3 is 19.1 Å². The molecule has 1 aromatic carbocycles. The van der Waals surface area contributed by atoms with Crippen molar-refractivity contribution in [2.24, 2.45) is 0 Å². The van der Waals surface area contributed by atoms with Gasteiger partial charge in [0.2, 0.25) is 6.17 Å². The highest BCUT2D eigenvalue weighted by Crippen LogP contribution is 2.30. The minimum absolute atomic E-state index is 0.205. The summed E-state index contributed by atoms with van der Waals surface area (Å²) in [6, 6.07) is 2.06. The van der Waals surface area contributed by atoms with E-state index in [0.29, 0.717) is 19.6 Å². The second-order valence-electron chi connectivity index (χ2n) is 7.00. The minimum Gasteiger partial charge on any atom is -0.598 e. The van der Waals surface area contributed by atoms with Gasteiger partial charge in [-0.1, -0.05) is 0 Å². The number of halogens is 2. The molecule has 1 aliphatic heterocycles. The Morgan fingerprint density at radius 3 is 2.73 bits per heavy atom. The number of hydrogen-bond donors (Lipinski definition) is 2. The molecule has 4 atom stereocenters. The van der Waals surface area contributed by atoms with E-state index < -0.39 is 40.1 Å². The van der Waals surface area contributed by atoms with Crippen molar-refractivity contribution in [1.29, 1.82) is 0 Å². The molecule has 0 aliphatic carbocycles. The van der Waals surface area contributed by atoms with Gasteiger partial charge in [-0.3, -0.25) is 0 Å². The molecule has 1 aliphatic rings. The third-order valence-corrected chi connectivity index (χ3v) is 5.39. The molecule has 146 valence electrons. The molecule has 6 nitrogen and oxygen atoms in total. The molecule has 1 saturated heterocycles. The van der Waals surface area contributed by atoms with E-state index in [1.807, 2.05) is 0 Å². The van der Waals surface area contributed by atoms with Crippen LogP contribution in [0.5, 0.6) is 5.75 Å². The van der Waals surface area contributed by atoms with Crippen LogP contribution < -0.4 is 9.46 Å². The summed E-state index contributed by atoms with van der Waals surface area (Å²) in [6.07, 6.45) is -2.02. The van der Waals surface area contributed by atoms with Gasteiger partial charge in [0, 0.05) is 23.3 Å². The molecule has 26 heavy (non-hydrogen) atoms. The highest BCUT2D eigenvalue weighted by atomic mass is 32.2. The maximum atomic E-state index is 14.3. The van der Waals surface area contributed by atoms with Gasteiger partial charge in [0.25, 0.3) is 0 Å². The number of carbonyl (C=O) groups is 1. The van der Waals surface area contributed by atoms with Crippen molar-refractivity contribution in [2.75, 3.05) is 13.2 Å². The number of alkyl halides is 1. The first-order valence-electron chi connectivity index (χ1n) is 8.18. The van der Waals surface area contributed by atoms with Gasteiger partial charge in [0.15, 0.2) is 0 Å². The molecular formula is C17H23F2NO5S. The monoisotopic (exact) mass is 391 g/mol. The minimum atomic E-state index is -2.49. The van der Waals surface area contributed by atoms with Crippen LogP contribution in [0.4, 0.5) is 8.78 Å². The van der Waals surface area contributed by atoms with Crippen LogP contribution in [0.3, 0.4) is 0 Å². The van der Waals surface area contributed by atoms with Gasteiger partial charge >= 0.3 is 5.97 Å². The number of carboxylic acids is 1. The lowest BCUT2D eigenvalue weighted by Crippen LogP contribution is -2.45. The molecule has 1 aromatic rings. The third kappa shape index (κ3) is 5.29. The van der Waals surface area contributed by atoms with Crippen molar-refractivity contribution in [3.05, 3.63) is 29.6 Å². The standard InChI is InChI=1S/C17H23F2NO5S/c1-17(2,3)26(23)20-15(14(19)16(21)22)12-8-10(4-5-13(12)18)25-11-6-7-24-9-11/h4-5,8,11,14-15,20H,6-7,9H2,1-3H3,(H,21,22)/t11?,14-,15+,26-/m1/s1. The largest absolute Gasteiger partial charge is 0.598 e. The summed E-state index contributed by atoms with van der Waals surface area (Å²) >= 11 is -1.80. The number of hydrogen-bond acceptors (Lipinski definition) is 5. The van der Waals surface area contributed by atoms with E-state index in [1.54, 1.807) is 20.8 Å². The maximum Gasteiger partial charge on any atom is 0.340 e. The molecule has 1 fully saturated rings. The molecule has 9 heteroatoms. The van der Waals surface area contributed by atoms with Crippen LogP contribution in [-0.4, -0.2) is 45.9 Å². The Kier molecular flexibility index (Phi) is 6.84. The Hall–Kier alpha value is -1.42. The van der Waals surface area contributed by atoms with Crippen molar-refractivity contribution in [2.45, 2.75) is 50.3 Å². The van der Waals surface area contributed by atoms with Crippen LogP contribution in [0.15, 0.2) is 18.2 Å². The first-order valence-corrected chi connectivity index (χ1v) is 9.33. The first kappa shape index (κ1) is 20.9. The highest BCUT2D eigenvalue weighted by Gasteiger charge is 2.38. The van der Waals surface area contributed by atoms with Gasteiger partial charge in [-0.2, -0.15) is 0 Å². The van der Waals surface area contributed by atoms with Gasteiger partial charge in [0.05, 0.1) is 13.2 Å². The average Bonchev–Trinajstić information content (AvgIpc) is 3.05. The van der Waals surface area contributed by atoms with Crippen molar-refractivity contribution in [3.8, 4) is 5.75 Å². The zero-order chi connectivity index (χ0) is 19.5. The molecule has 0 radical (unpaired) electrons. The maximum absolute atomic E-state index is 14.3. The zero-order valence-electron chi connectivity index (χ0n) is 14.8. The Labute approximate surface area is 154 Å². The summed E-state index contributed by atoms with van der Waals surface area (Å²) in [5.41, 5.74) is -0.256. The van der Waals surface area contributed by atoms with Crippen molar-refractivity contribution in [1.82, 2.24) is 4.72 Å². The Morgan fingerprint density at radius 2 is 2.19 bits per heavy atom. The van der Waals surface area contributed by atoms with E-state index in [4.69, 9.17) is 14.6 Å². The van der Waals surface area contributed by atoms with Gasteiger partial charge in [-0.25, -0.2) is 13.6 Å². The first-order chi connectivity index (χ1) is 12.1. The molecule has 0 aromatic heterocycles. The summed E-state index contributed by atoms with van der Waals surface area (Å²) in [6.45, 7) is 5.85. The van der Waals surface area contributed by atoms with Crippen LogP contribution in [0.2, 0.25) is 0 Å². The van der Waals surface area contributed by atoms with Gasteiger partial charge in [0.1, 0.15) is 28.5 Å². The highest BCUT2D eigenvalue weighted by molar-refractivity contribution is 7.90. The lowest BCUT2D eigenvalue weighted by atomic mass is 10.0. The number of rotatable bonds is 7. The summed E-state index contributed by atoms with van der Waals surface area (Å²) < 4.78 is 53.5. The molecule has 0 saturated carbocycles. The summed E-state index contributed by atoms with van der Waals surface area (Å²) in [7, 11) is 0. The van der Waals surface area contributed by atoms with Crippen molar-refractivity contribution < 1.29 is 32.7 Å². The number of ether oxygens (including phenoxy) is 2. The van der Waals surface area contributed by atoms with E-state index in [2.05, 4.69) is 4.72 Å². The fraction of sp³-hybridized carbons (Fsp3) is 0.588. The molecule has 0 amide bonds. The van der Waals surface area contributed by atoms with E-state index in [1.165, 1.54) is 12.1 Å². The van der Waals surface area contributed by atoms with Crippen molar-refractivity contribution >= 4 is 17.3 Å². The van der Waals surface area contributed by atoms with Gasteiger partial charge in [-0.05, 0) is 39.0 Å². The van der Waals surface area contributed by atoms with Crippen LogP contribution in [-0.2, 0) is 20.9 Å². The fourth-order valence-corrected chi connectivity index (χ4v) is 3.18. The van der Waals surface area contributed by atoms with E-state index >= 15 is 0 Å². The second-order valence-corrected chi connectivity index (χ2v) is 9.00. The molecule has 0 spiro atoms. The van der Waals surface area contributed by atoms with Crippen molar-refractivity contribution in [3.63, 3.8) is 0 Å². The van der Waals surface area contributed by atoms with E-state index in [0.717, 1.165) is 6.07 Å². The molecule has 2 rings (SSSR count). The smallest absolute Gasteiger partial charge is 0.340 e. The average molecular weight is 391 g/mol. The topological polar surface area (TPSA) is 90.9 Å². The quantitative estimate of drug-likeness (QED) is 0.694. The van der Waals surface area contributed by atoms with E-state index in [9.17, 15) is 18.1 Å². The van der Waals surface area contributed by atoms with E-state index in [-0.39, 0.29) is 17.4 Å². The van der Waals surface area contributed by atoms with Crippen LogP contribution >= 0.6 is 0 Å². The van der Waals surface area contributed by atoms with Gasteiger partial charge in [-0.15, -0.1) is 4.72 Å². The lowest BCUT2D eigenvalue weighted by Gasteiger charge is -2.29. The third-order valence-electron chi connectivity index (χ3n) is 3.81. The predicted molar refractivity (Wildman–Crippen MR) is 92.6 cm³/mol. The van der Waals surface area contributed by atoms with Crippen LogP contribution in [0.1, 0.15) is 38.8 Å². The number of carboxylic acid groups (broad SMARTS) is 1. The summed E-state index contributed by atoms with van der Waals surface area (Å²) in [5.74, 6) is -2.32. The molecule has 0 bridgehead atoms. The summed E-state index contributed by atoms with van der Waals surface area (Å²) in [5, 5.41) is 9.04. The number of aliphatic carboxylic acids is 1. The lowest BCUT2D eigenvalue weighted by molar-refractivity contribution is -0.143.